The number of piperidine rings is 1. The van der Waals surface area contributed by atoms with E-state index >= 15 is 0 Å². The second-order valence-corrected chi connectivity index (χ2v) is 9.21. The Balaban J connectivity index is 1.44. The molecule has 3 atom stereocenters. The summed E-state index contributed by atoms with van der Waals surface area (Å²) in [7, 11) is 0. The van der Waals surface area contributed by atoms with E-state index in [0.717, 1.165) is 31.1 Å². The summed E-state index contributed by atoms with van der Waals surface area (Å²) in [6.45, 7) is 3.83. The van der Waals surface area contributed by atoms with Gasteiger partial charge in [-0.3, -0.25) is 9.69 Å². The molecule has 5 rings (SSSR count). The third kappa shape index (κ3) is 3.40. The largest absolute Gasteiger partial charge is 0.427 e. The smallest absolute Gasteiger partial charge is 0.308 e. The fourth-order valence-electron chi connectivity index (χ4n) is 6.49. The molecule has 1 saturated heterocycles. The van der Waals surface area contributed by atoms with Gasteiger partial charge in [0.2, 0.25) is 0 Å². The lowest BCUT2D eigenvalue weighted by atomic mass is 9.52. The summed E-state index contributed by atoms with van der Waals surface area (Å²) in [4.78, 5) is 14.3. The van der Waals surface area contributed by atoms with Crippen LogP contribution in [0.5, 0.6) is 5.75 Å². The molecule has 1 saturated carbocycles. The Bertz CT molecular complexity index is 893. The molecule has 0 unspecified atom stereocenters. The third-order valence-electron chi connectivity index (χ3n) is 7.72. The summed E-state index contributed by atoms with van der Waals surface area (Å²) in [5.41, 5.74) is 4.69. The van der Waals surface area contributed by atoms with E-state index in [4.69, 9.17) is 4.74 Å². The first-order valence-corrected chi connectivity index (χ1v) is 11.3. The van der Waals surface area contributed by atoms with E-state index in [2.05, 4.69) is 47.4 Å². The van der Waals surface area contributed by atoms with Crippen molar-refractivity contribution in [2.75, 3.05) is 13.1 Å². The molecule has 2 bridgehead atoms. The number of rotatable bonds is 4. The number of nitrogens with zero attached hydrogens (tertiary/aromatic N) is 1. The topological polar surface area (TPSA) is 29.5 Å². The van der Waals surface area contributed by atoms with Crippen LogP contribution in [0.15, 0.2) is 48.5 Å². The molecule has 0 spiro atoms. The monoisotopic (exact) mass is 389 g/mol. The summed E-state index contributed by atoms with van der Waals surface area (Å²) < 4.78 is 5.45. The van der Waals surface area contributed by atoms with E-state index in [1.54, 1.807) is 0 Å². The molecule has 3 nitrogen and oxygen atoms in total. The Kier molecular flexibility index (Phi) is 4.95. The maximum absolute atomic E-state index is 11.5. The normalized spacial score (nSPS) is 28.3. The lowest BCUT2D eigenvalue weighted by Crippen LogP contribution is -2.61. The van der Waals surface area contributed by atoms with Crippen LogP contribution < -0.4 is 4.74 Å². The second-order valence-electron chi connectivity index (χ2n) is 9.21. The summed E-state index contributed by atoms with van der Waals surface area (Å²) in [6, 6.07) is 18.0. The first kappa shape index (κ1) is 18.9. The molecule has 3 aliphatic rings. The minimum Gasteiger partial charge on any atom is -0.427 e. The molecule has 2 aromatic rings. The minimum absolute atomic E-state index is 0.230. The van der Waals surface area contributed by atoms with E-state index in [1.807, 2.05) is 6.07 Å². The number of hydrogen-bond donors (Lipinski definition) is 0. The van der Waals surface area contributed by atoms with E-state index in [9.17, 15) is 4.79 Å². The lowest BCUT2D eigenvalue weighted by molar-refractivity contribution is -0.131. The molecule has 1 heterocycles. The average Bonchev–Trinajstić information content (AvgIpc) is 2.74. The molecule has 1 aliphatic heterocycles. The maximum Gasteiger partial charge on any atom is 0.308 e. The van der Waals surface area contributed by atoms with Crippen molar-refractivity contribution in [2.24, 2.45) is 5.92 Å². The highest BCUT2D eigenvalue weighted by molar-refractivity contribution is 5.69. The predicted molar refractivity (Wildman–Crippen MR) is 115 cm³/mol. The number of benzene rings is 2. The molecule has 0 aromatic heterocycles. The van der Waals surface area contributed by atoms with Crippen molar-refractivity contribution in [3.05, 3.63) is 65.2 Å². The van der Waals surface area contributed by atoms with Crippen LogP contribution in [0, 0.1) is 5.92 Å². The van der Waals surface area contributed by atoms with Gasteiger partial charge in [-0.2, -0.15) is 0 Å². The first-order chi connectivity index (χ1) is 14.2. The lowest BCUT2D eigenvalue weighted by Gasteiger charge is -2.59. The SMILES string of the molecule is CC(=O)Oc1ccc2c(c1)[C@@]13CCCC[C@H]1[C@H](C2)N(CCc1ccccc1)CC3. The highest BCUT2D eigenvalue weighted by Gasteiger charge is 2.53. The van der Waals surface area contributed by atoms with Gasteiger partial charge in [0.1, 0.15) is 5.75 Å². The second kappa shape index (κ2) is 7.60. The molecule has 2 aliphatic carbocycles. The molecule has 2 aromatic carbocycles. The zero-order valence-electron chi connectivity index (χ0n) is 17.4. The van der Waals surface area contributed by atoms with Crippen molar-refractivity contribution in [2.45, 2.75) is 63.3 Å². The number of esters is 1. The van der Waals surface area contributed by atoms with Crippen LogP contribution in [0.1, 0.15) is 55.7 Å². The van der Waals surface area contributed by atoms with Crippen LogP contribution in [0.3, 0.4) is 0 Å². The highest BCUT2D eigenvalue weighted by atomic mass is 16.5. The van der Waals surface area contributed by atoms with E-state index in [0.29, 0.717) is 6.04 Å². The molecular weight excluding hydrogens is 358 g/mol. The Morgan fingerprint density at radius 1 is 1.14 bits per heavy atom. The summed E-state index contributed by atoms with van der Waals surface area (Å²) in [6.07, 6.45) is 8.81. The molecule has 0 N–H and O–H groups in total. The zero-order valence-corrected chi connectivity index (χ0v) is 17.4. The average molecular weight is 390 g/mol. The Morgan fingerprint density at radius 2 is 2.00 bits per heavy atom. The summed E-state index contributed by atoms with van der Waals surface area (Å²) in [5.74, 6) is 1.23. The summed E-state index contributed by atoms with van der Waals surface area (Å²) in [5, 5.41) is 0. The fraction of sp³-hybridized carbons (Fsp3) is 0.500. The Morgan fingerprint density at radius 3 is 2.83 bits per heavy atom. The van der Waals surface area contributed by atoms with Gasteiger partial charge in [-0.15, -0.1) is 0 Å². The quantitative estimate of drug-likeness (QED) is 0.549. The third-order valence-corrected chi connectivity index (χ3v) is 7.72. The first-order valence-electron chi connectivity index (χ1n) is 11.3. The van der Waals surface area contributed by atoms with E-state index in [1.165, 1.54) is 62.3 Å². The van der Waals surface area contributed by atoms with Crippen LogP contribution in [0.4, 0.5) is 0 Å². The molecule has 2 fully saturated rings. The van der Waals surface area contributed by atoms with Crippen LogP contribution in [0.2, 0.25) is 0 Å². The number of carbonyl (C=O) groups excluding carboxylic acids is 1. The van der Waals surface area contributed by atoms with Gasteiger partial charge in [-0.05, 0) is 73.4 Å². The summed E-state index contributed by atoms with van der Waals surface area (Å²) >= 11 is 0. The standard InChI is InChI=1S/C26H31NO2/c1-19(28)29-22-11-10-21-17-25-23-9-5-6-13-26(23,24(21)18-22)14-16-27(25)15-12-20-7-3-2-4-8-20/h2-4,7-8,10-11,18,23,25H,5-6,9,12-17H2,1H3/t23-,25-,26+/m0/s1. The van der Waals surface area contributed by atoms with Gasteiger partial charge in [0.05, 0.1) is 0 Å². The van der Waals surface area contributed by atoms with E-state index < -0.39 is 0 Å². The van der Waals surface area contributed by atoms with E-state index in [-0.39, 0.29) is 11.4 Å². The van der Waals surface area contributed by atoms with Crippen molar-refractivity contribution in [3.8, 4) is 5.75 Å². The van der Waals surface area contributed by atoms with Gasteiger partial charge in [0, 0.05) is 24.9 Å². The van der Waals surface area contributed by atoms with Gasteiger partial charge >= 0.3 is 5.97 Å². The van der Waals surface area contributed by atoms with Crippen LogP contribution in [-0.4, -0.2) is 30.0 Å². The van der Waals surface area contributed by atoms with Crippen LogP contribution in [-0.2, 0) is 23.1 Å². The van der Waals surface area contributed by atoms with Crippen molar-refractivity contribution in [1.29, 1.82) is 0 Å². The fourth-order valence-corrected chi connectivity index (χ4v) is 6.49. The van der Waals surface area contributed by atoms with Gasteiger partial charge in [-0.25, -0.2) is 0 Å². The number of carbonyl (C=O) groups is 1. The van der Waals surface area contributed by atoms with Gasteiger partial charge in [-0.1, -0.05) is 49.2 Å². The Hall–Kier alpha value is -2.13. The van der Waals surface area contributed by atoms with Crippen molar-refractivity contribution < 1.29 is 9.53 Å². The molecular formula is C26H31NO2. The number of ether oxygens (including phenoxy) is 1. The van der Waals surface area contributed by atoms with Crippen molar-refractivity contribution in [3.63, 3.8) is 0 Å². The van der Waals surface area contributed by atoms with Crippen LogP contribution >= 0.6 is 0 Å². The molecule has 0 radical (unpaired) electrons. The zero-order chi connectivity index (χ0) is 19.8. The maximum atomic E-state index is 11.5. The highest BCUT2D eigenvalue weighted by Crippen LogP contribution is 2.56. The number of likely N-dealkylation sites (tertiary alicyclic amines) is 1. The van der Waals surface area contributed by atoms with Crippen LogP contribution in [0.25, 0.3) is 0 Å². The minimum atomic E-state index is -0.230. The van der Waals surface area contributed by atoms with Gasteiger partial charge in [0.15, 0.2) is 0 Å². The predicted octanol–water partition coefficient (Wildman–Crippen LogP) is 4.91. The molecule has 29 heavy (non-hydrogen) atoms. The molecule has 0 amide bonds. The molecule has 3 heteroatoms. The number of hydrogen-bond acceptors (Lipinski definition) is 3. The number of fused-ring (bicyclic) bond motifs is 1. The molecule has 152 valence electrons. The Labute approximate surface area is 174 Å². The van der Waals surface area contributed by atoms with Crippen molar-refractivity contribution >= 4 is 5.97 Å². The van der Waals surface area contributed by atoms with Gasteiger partial charge in [0.25, 0.3) is 0 Å². The van der Waals surface area contributed by atoms with Gasteiger partial charge < -0.3 is 4.74 Å². The van der Waals surface area contributed by atoms with Crippen molar-refractivity contribution in [1.82, 2.24) is 4.90 Å².